The number of H-pyrrole nitrogens is 1. The van der Waals surface area contributed by atoms with Crippen LogP contribution in [0.3, 0.4) is 0 Å². The van der Waals surface area contributed by atoms with Crippen LogP contribution in [0.15, 0.2) is 83.6 Å². The van der Waals surface area contributed by atoms with E-state index in [1.807, 2.05) is 53.2 Å². The molecular formula is C26H20N4O3S. The lowest BCUT2D eigenvalue weighted by molar-refractivity contribution is 0.101. The predicted octanol–water partition coefficient (Wildman–Crippen LogP) is 5.80. The molecule has 0 aliphatic heterocycles. The van der Waals surface area contributed by atoms with Crippen LogP contribution in [-0.2, 0) is 0 Å². The van der Waals surface area contributed by atoms with Gasteiger partial charge in [0.25, 0.3) is 11.8 Å². The molecule has 7 nitrogen and oxygen atoms in total. The number of nitrogens with zero attached hydrogens (tertiary/aromatic N) is 1. The molecule has 2 amide bonds. The second-order valence-corrected chi connectivity index (χ2v) is 8.32. The van der Waals surface area contributed by atoms with Gasteiger partial charge in [-0.1, -0.05) is 0 Å². The van der Waals surface area contributed by atoms with E-state index in [-0.39, 0.29) is 11.8 Å². The zero-order chi connectivity index (χ0) is 23.5. The van der Waals surface area contributed by atoms with Crippen LogP contribution in [0.1, 0.15) is 20.7 Å². The highest BCUT2D eigenvalue weighted by atomic mass is 32.1. The summed E-state index contributed by atoms with van der Waals surface area (Å²) in [7, 11) is 1.58. The normalized spacial score (nSPS) is 10.7. The third-order valence-corrected chi connectivity index (χ3v) is 5.97. The molecule has 0 fully saturated rings. The van der Waals surface area contributed by atoms with E-state index in [1.54, 1.807) is 37.4 Å². The minimum absolute atomic E-state index is 0.137. The van der Waals surface area contributed by atoms with Gasteiger partial charge in [0.2, 0.25) is 0 Å². The van der Waals surface area contributed by atoms with Crippen molar-refractivity contribution in [3.8, 4) is 17.1 Å². The van der Waals surface area contributed by atoms with Crippen molar-refractivity contribution in [1.82, 2.24) is 9.97 Å². The van der Waals surface area contributed by atoms with Gasteiger partial charge in [0.15, 0.2) is 0 Å². The first-order chi connectivity index (χ1) is 16.6. The number of aromatic amines is 1. The van der Waals surface area contributed by atoms with Crippen molar-refractivity contribution in [3.63, 3.8) is 0 Å². The van der Waals surface area contributed by atoms with Crippen LogP contribution in [0.4, 0.5) is 11.4 Å². The summed E-state index contributed by atoms with van der Waals surface area (Å²) in [6.07, 6.45) is 0. The predicted molar refractivity (Wildman–Crippen MR) is 135 cm³/mol. The Kier molecular flexibility index (Phi) is 5.80. The Labute approximate surface area is 199 Å². The van der Waals surface area contributed by atoms with Gasteiger partial charge in [0, 0.05) is 27.9 Å². The molecule has 0 saturated carbocycles. The average molecular weight is 469 g/mol. The molecule has 168 valence electrons. The zero-order valence-corrected chi connectivity index (χ0v) is 19.0. The van der Waals surface area contributed by atoms with Crippen LogP contribution < -0.4 is 15.4 Å². The lowest BCUT2D eigenvalue weighted by Gasteiger charge is -2.06. The first-order valence-electron chi connectivity index (χ1n) is 10.5. The number of anilines is 2. The number of benzene rings is 3. The van der Waals surface area contributed by atoms with E-state index < -0.39 is 0 Å². The van der Waals surface area contributed by atoms with Crippen LogP contribution in [0.25, 0.3) is 22.4 Å². The van der Waals surface area contributed by atoms with E-state index in [2.05, 4.69) is 20.6 Å². The van der Waals surface area contributed by atoms with Crippen LogP contribution in [0, 0.1) is 0 Å². The van der Waals surface area contributed by atoms with Crippen LogP contribution in [0.2, 0.25) is 0 Å². The number of ether oxygens (including phenoxy) is 1. The van der Waals surface area contributed by atoms with Crippen molar-refractivity contribution in [2.45, 2.75) is 0 Å². The molecule has 0 saturated heterocycles. The maximum Gasteiger partial charge on any atom is 0.256 e. The molecule has 3 aromatic carbocycles. The molecule has 0 spiro atoms. The van der Waals surface area contributed by atoms with Gasteiger partial charge < -0.3 is 20.4 Å². The summed E-state index contributed by atoms with van der Waals surface area (Å²) in [6, 6.07) is 21.7. The van der Waals surface area contributed by atoms with Crippen molar-refractivity contribution in [3.05, 3.63) is 94.7 Å². The van der Waals surface area contributed by atoms with Gasteiger partial charge in [-0.05, 0) is 78.2 Å². The van der Waals surface area contributed by atoms with E-state index in [4.69, 9.17) is 4.74 Å². The summed E-state index contributed by atoms with van der Waals surface area (Å²) in [5.41, 5.74) is 5.02. The highest BCUT2D eigenvalue weighted by Gasteiger charge is 2.11. The summed E-state index contributed by atoms with van der Waals surface area (Å²) in [5.74, 6) is 1.05. The molecule has 5 aromatic rings. The molecule has 0 unspecified atom stereocenters. The largest absolute Gasteiger partial charge is 0.497 e. The molecule has 0 bridgehead atoms. The summed E-state index contributed by atoms with van der Waals surface area (Å²) in [4.78, 5) is 32.7. The quantitative estimate of drug-likeness (QED) is 0.293. The molecule has 0 atom stereocenters. The third-order valence-electron chi connectivity index (χ3n) is 5.29. The summed E-state index contributed by atoms with van der Waals surface area (Å²) in [5, 5.41) is 9.47. The van der Waals surface area contributed by atoms with Crippen LogP contribution in [0.5, 0.6) is 5.75 Å². The number of rotatable bonds is 6. The van der Waals surface area contributed by atoms with Gasteiger partial charge in [-0.2, -0.15) is 11.3 Å². The second-order valence-electron chi connectivity index (χ2n) is 7.54. The molecular weight excluding hydrogens is 448 g/mol. The summed E-state index contributed by atoms with van der Waals surface area (Å²) >= 11 is 1.48. The molecule has 0 aliphatic rings. The monoisotopic (exact) mass is 468 g/mol. The molecule has 34 heavy (non-hydrogen) atoms. The molecule has 0 radical (unpaired) electrons. The number of carbonyl (C=O) groups excluding carboxylic acids is 2. The van der Waals surface area contributed by atoms with Gasteiger partial charge in [-0.3, -0.25) is 9.59 Å². The Morgan fingerprint density at radius 2 is 1.56 bits per heavy atom. The minimum atomic E-state index is -0.207. The van der Waals surface area contributed by atoms with E-state index in [9.17, 15) is 9.59 Å². The Bertz CT molecular complexity index is 1460. The number of methoxy groups -OCH3 is 1. The van der Waals surface area contributed by atoms with E-state index in [0.29, 0.717) is 34.1 Å². The smallest absolute Gasteiger partial charge is 0.256 e. The summed E-state index contributed by atoms with van der Waals surface area (Å²) in [6.45, 7) is 0. The molecule has 0 aliphatic carbocycles. The Morgan fingerprint density at radius 1 is 0.853 bits per heavy atom. The fourth-order valence-corrected chi connectivity index (χ4v) is 4.11. The number of imidazole rings is 1. The average Bonchev–Trinajstić information content (AvgIpc) is 3.55. The lowest BCUT2D eigenvalue weighted by atomic mass is 10.2. The summed E-state index contributed by atoms with van der Waals surface area (Å²) < 4.78 is 5.13. The number of nitrogens with one attached hydrogen (secondary N) is 3. The molecule has 2 aromatic heterocycles. The molecule has 2 heterocycles. The number of carbonyl (C=O) groups is 2. The third kappa shape index (κ3) is 4.53. The number of fused-ring (bicyclic) bond motifs is 1. The molecule has 3 N–H and O–H groups in total. The highest BCUT2D eigenvalue weighted by Crippen LogP contribution is 2.25. The van der Waals surface area contributed by atoms with E-state index >= 15 is 0 Å². The standard InChI is InChI=1S/C26H20N4O3S/c1-33-21-9-4-17(5-10-21)25(31)28-20-8-11-22-23(14-20)30-24(29-22)16-2-6-19(7-3-16)27-26(32)18-12-13-34-15-18/h2-15H,1H3,(H,27,32)(H,28,31)(H,29,30). The number of hydrogen-bond acceptors (Lipinski definition) is 5. The van der Waals surface area contributed by atoms with Gasteiger partial charge >= 0.3 is 0 Å². The number of thiophene rings is 1. The van der Waals surface area contributed by atoms with E-state index in [0.717, 1.165) is 16.6 Å². The van der Waals surface area contributed by atoms with Gasteiger partial charge in [0.1, 0.15) is 11.6 Å². The van der Waals surface area contributed by atoms with Crippen molar-refractivity contribution >= 4 is 45.6 Å². The van der Waals surface area contributed by atoms with Gasteiger partial charge in [-0.15, -0.1) is 0 Å². The van der Waals surface area contributed by atoms with E-state index in [1.165, 1.54) is 11.3 Å². The molecule has 8 heteroatoms. The first-order valence-corrected chi connectivity index (χ1v) is 11.4. The van der Waals surface area contributed by atoms with Crippen LogP contribution >= 0.6 is 11.3 Å². The Balaban J connectivity index is 1.30. The molecule has 5 rings (SSSR count). The first kappa shape index (κ1) is 21.4. The Morgan fingerprint density at radius 3 is 2.26 bits per heavy atom. The fraction of sp³-hybridized carbons (Fsp3) is 0.0385. The maximum absolute atomic E-state index is 12.6. The second kappa shape index (κ2) is 9.21. The zero-order valence-electron chi connectivity index (χ0n) is 18.2. The van der Waals surface area contributed by atoms with Crippen molar-refractivity contribution < 1.29 is 14.3 Å². The number of hydrogen-bond donors (Lipinski definition) is 3. The van der Waals surface area contributed by atoms with Crippen molar-refractivity contribution in [1.29, 1.82) is 0 Å². The van der Waals surface area contributed by atoms with Gasteiger partial charge in [0.05, 0.1) is 23.7 Å². The Hall–Kier alpha value is -4.43. The fourth-order valence-electron chi connectivity index (χ4n) is 3.48. The highest BCUT2D eigenvalue weighted by molar-refractivity contribution is 7.08. The topological polar surface area (TPSA) is 96.1 Å². The number of amides is 2. The van der Waals surface area contributed by atoms with Crippen LogP contribution in [-0.4, -0.2) is 28.9 Å². The van der Waals surface area contributed by atoms with Gasteiger partial charge in [-0.25, -0.2) is 4.98 Å². The van der Waals surface area contributed by atoms with Crippen molar-refractivity contribution in [2.24, 2.45) is 0 Å². The maximum atomic E-state index is 12.6. The minimum Gasteiger partial charge on any atom is -0.497 e. The lowest BCUT2D eigenvalue weighted by Crippen LogP contribution is -2.11. The van der Waals surface area contributed by atoms with Crippen molar-refractivity contribution in [2.75, 3.05) is 17.7 Å². The number of aromatic nitrogens is 2. The SMILES string of the molecule is COc1ccc(C(=O)Nc2ccc3nc(-c4ccc(NC(=O)c5ccsc5)cc4)[nH]c3c2)cc1.